The Hall–Kier alpha value is -4.50. The van der Waals surface area contributed by atoms with E-state index < -0.39 is 0 Å². The number of carbonyl (C=O) groups is 1. The van der Waals surface area contributed by atoms with Gasteiger partial charge in [-0.1, -0.05) is 36.9 Å². The lowest BCUT2D eigenvalue weighted by atomic mass is 10.0. The van der Waals surface area contributed by atoms with Crippen LogP contribution >= 0.6 is 0 Å². The maximum Gasteiger partial charge on any atom is 0.247 e. The number of methoxy groups -OCH3 is 1. The lowest BCUT2D eigenvalue weighted by molar-refractivity contribution is -0.111. The van der Waals surface area contributed by atoms with Crippen LogP contribution in [0.3, 0.4) is 0 Å². The third kappa shape index (κ3) is 5.57. The maximum absolute atomic E-state index is 12.5. The smallest absolute Gasteiger partial charge is 0.247 e. The van der Waals surface area contributed by atoms with Gasteiger partial charge in [0.05, 0.1) is 24.4 Å². The number of aromatic nitrogens is 2. The van der Waals surface area contributed by atoms with Crippen molar-refractivity contribution in [1.82, 2.24) is 14.9 Å². The van der Waals surface area contributed by atoms with Crippen LogP contribution in [-0.2, 0) is 4.79 Å². The van der Waals surface area contributed by atoms with Crippen molar-refractivity contribution in [1.29, 1.82) is 0 Å². The van der Waals surface area contributed by atoms with E-state index in [9.17, 15) is 9.18 Å². The number of hydrogen-bond donors (Lipinski definition) is 3. The molecule has 3 N–H and O–H groups in total. The molecule has 1 aliphatic rings. The molecule has 0 aliphatic carbocycles. The summed E-state index contributed by atoms with van der Waals surface area (Å²) in [6.45, 7) is 5.31. The molecule has 0 atom stereocenters. The van der Waals surface area contributed by atoms with Gasteiger partial charge in [-0.2, -0.15) is 0 Å². The molecule has 8 nitrogen and oxygen atoms in total. The highest BCUT2D eigenvalue weighted by atomic mass is 19.1. The van der Waals surface area contributed by atoms with Crippen LogP contribution in [0.25, 0.3) is 22.0 Å². The Balaban J connectivity index is 1.38. The number of alkyl halides is 1. The number of benzene rings is 3. The van der Waals surface area contributed by atoms with E-state index in [4.69, 9.17) is 9.72 Å². The molecule has 4 aromatic rings. The molecule has 2 heterocycles. The van der Waals surface area contributed by atoms with Crippen LogP contribution < -0.4 is 20.7 Å². The highest BCUT2D eigenvalue weighted by molar-refractivity contribution is 6.00. The van der Waals surface area contributed by atoms with Gasteiger partial charge in [0, 0.05) is 54.2 Å². The largest absolute Gasteiger partial charge is 0.494 e. The third-order valence-electron chi connectivity index (χ3n) is 6.41. The van der Waals surface area contributed by atoms with Crippen molar-refractivity contribution >= 4 is 39.8 Å². The number of amides is 1. The molecule has 0 spiro atoms. The van der Waals surface area contributed by atoms with Gasteiger partial charge in [-0.05, 0) is 35.9 Å². The Labute approximate surface area is 220 Å². The predicted octanol–water partition coefficient (Wildman–Crippen LogP) is 5.24. The molecule has 194 valence electrons. The fourth-order valence-corrected chi connectivity index (χ4v) is 4.51. The molecular formula is C29H29FN6O2. The van der Waals surface area contributed by atoms with Crippen molar-refractivity contribution < 1.29 is 13.9 Å². The first-order valence-electron chi connectivity index (χ1n) is 12.4. The number of para-hydroxylation sites is 1. The number of likely N-dealkylation sites (tertiary alicyclic amines) is 1. The van der Waals surface area contributed by atoms with Crippen molar-refractivity contribution in [3.63, 3.8) is 0 Å². The monoisotopic (exact) mass is 512 g/mol. The second kappa shape index (κ2) is 11.3. The van der Waals surface area contributed by atoms with Gasteiger partial charge < -0.3 is 20.7 Å². The van der Waals surface area contributed by atoms with Gasteiger partial charge in [0.15, 0.2) is 0 Å². The van der Waals surface area contributed by atoms with E-state index in [2.05, 4.69) is 32.4 Å². The molecule has 1 fully saturated rings. The van der Waals surface area contributed by atoms with E-state index >= 15 is 0 Å². The fraction of sp³-hybridized carbons (Fsp3) is 0.207. The van der Waals surface area contributed by atoms with E-state index in [1.165, 1.54) is 6.08 Å². The molecule has 1 aliphatic heterocycles. The minimum Gasteiger partial charge on any atom is -0.494 e. The minimum atomic E-state index is -0.320. The Kier molecular flexibility index (Phi) is 7.46. The summed E-state index contributed by atoms with van der Waals surface area (Å²) in [4.78, 5) is 23.1. The summed E-state index contributed by atoms with van der Waals surface area (Å²) < 4.78 is 18.1. The minimum absolute atomic E-state index is 0.268. The molecule has 3 aromatic carbocycles. The summed E-state index contributed by atoms with van der Waals surface area (Å²) in [5.41, 5.74) is 4.94. The number of fused-ring (bicyclic) bond motifs is 1. The maximum atomic E-state index is 12.5. The first-order valence-corrected chi connectivity index (χ1v) is 12.4. The van der Waals surface area contributed by atoms with Gasteiger partial charge in [-0.25, -0.2) is 14.4 Å². The van der Waals surface area contributed by atoms with Crippen LogP contribution in [0.1, 0.15) is 0 Å². The lowest BCUT2D eigenvalue weighted by Gasteiger charge is -2.39. The second-order valence-corrected chi connectivity index (χ2v) is 9.04. The summed E-state index contributed by atoms with van der Waals surface area (Å²) in [6, 6.07) is 19.6. The van der Waals surface area contributed by atoms with E-state index in [0.29, 0.717) is 23.9 Å². The van der Waals surface area contributed by atoms with Crippen molar-refractivity contribution in [3.8, 4) is 16.9 Å². The molecule has 0 unspecified atom stereocenters. The van der Waals surface area contributed by atoms with E-state index in [1.54, 1.807) is 13.3 Å². The third-order valence-corrected chi connectivity index (χ3v) is 6.41. The SMILES string of the molecule is C=CC(=O)Nc1cccc(-c2cccc3cnc(Nc4ccc(NC5CN(CCF)C5)cc4OC)nc23)c1. The Morgan fingerprint density at radius 2 is 2.00 bits per heavy atom. The second-order valence-electron chi connectivity index (χ2n) is 9.04. The highest BCUT2D eigenvalue weighted by Crippen LogP contribution is 2.33. The average Bonchev–Trinajstić information content (AvgIpc) is 2.92. The summed E-state index contributed by atoms with van der Waals surface area (Å²) in [7, 11) is 1.62. The van der Waals surface area contributed by atoms with Gasteiger partial charge in [-0.3, -0.25) is 9.69 Å². The predicted molar refractivity (Wildman–Crippen MR) is 150 cm³/mol. The Bertz CT molecular complexity index is 1470. The normalized spacial score (nSPS) is 13.5. The summed E-state index contributed by atoms with van der Waals surface area (Å²) in [5, 5.41) is 10.4. The molecule has 1 saturated heterocycles. The van der Waals surface area contributed by atoms with Gasteiger partial charge in [-0.15, -0.1) is 0 Å². The molecule has 1 aromatic heterocycles. The molecule has 0 saturated carbocycles. The highest BCUT2D eigenvalue weighted by Gasteiger charge is 2.26. The average molecular weight is 513 g/mol. The zero-order valence-corrected chi connectivity index (χ0v) is 21.1. The lowest BCUT2D eigenvalue weighted by Crippen LogP contribution is -2.55. The standard InChI is InChI=1S/C29H29FN6O2/c1-3-27(37)33-21-8-4-6-19(14-21)24-9-5-7-20-16-31-29(35-28(20)24)34-25-11-10-22(15-26(25)38-2)32-23-17-36(18-23)13-12-30/h3-11,14-16,23,32H,1,12-13,17-18H2,2H3,(H,33,37)(H,31,34,35). The number of ether oxygens (including phenoxy) is 1. The number of nitrogens with one attached hydrogen (secondary N) is 3. The molecule has 1 amide bonds. The van der Waals surface area contributed by atoms with Gasteiger partial charge in [0.25, 0.3) is 0 Å². The first kappa shape index (κ1) is 25.2. The Morgan fingerprint density at radius 1 is 1.16 bits per heavy atom. The number of halogens is 1. The summed E-state index contributed by atoms with van der Waals surface area (Å²) in [6.07, 6.45) is 3.02. The van der Waals surface area contributed by atoms with E-state index in [-0.39, 0.29) is 18.6 Å². The van der Waals surface area contributed by atoms with Crippen LogP contribution in [0.15, 0.2) is 79.5 Å². The zero-order chi connectivity index (χ0) is 26.5. The van der Waals surface area contributed by atoms with Gasteiger partial charge in [0.2, 0.25) is 11.9 Å². The van der Waals surface area contributed by atoms with Crippen molar-refractivity contribution in [3.05, 3.63) is 79.5 Å². The summed E-state index contributed by atoms with van der Waals surface area (Å²) in [5.74, 6) is 0.814. The van der Waals surface area contributed by atoms with Crippen LogP contribution in [0.2, 0.25) is 0 Å². The number of anilines is 4. The molecular weight excluding hydrogens is 483 g/mol. The van der Waals surface area contributed by atoms with Gasteiger partial charge >= 0.3 is 0 Å². The summed E-state index contributed by atoms with van der Waals surface area (Å²) >= 11 is 0. The molecule has 0 radical (unpaired) electrons. The topological polar surface area (TPSA) is 91.4 Å². The van der Waals surface area contributed by atoms with E-state index in [1.807, 2.05) is 60.7 Å². The molecule has 9 heteroatoms. The van der Waals surface area contributed by atoms with E-state index in [0.717, 1.165) is 46.5 Å². The van der Waals surface area contributed by atoms with Crippen LogP contribution in [-0.4, -0.2) is 60.2 Å². The van der Waals surface area contributed by atoms with Crippen LogP contribution in [0.5, 0.6) is 5.75 Å². The van der Waals surface area contributed by atoms with Crippen molar-refractivity contribution in [2.45, 2.75) is 6.04 Å². The van der Waals surface area contributed by atoms with Crippen LogP contribution in [0.4, 0.5) is 27.4 Å². The van der Waals surface area contributed by atoms with Crippen molar-refractivity contribution in [2.75, 3.05) is 49.4 Å². The Morgan fingerprint density at radius 3 is 2.79 bits per heavy atom. The molecule has 5 rings (SSSR count). The number of carbonyl (C=O) groups excluding carboxylic acids is 1. The molecule has 38 heavy (non-hydrogen) atoms. The fourth-order valence-electron chi connectivity index (χ4n) is 4.51. The zero-order valence-electron chi connectivity index (χ0n) is 21.1. The molecule has 0 bridgehead atoms. The van der Waals surface area contributed by atoms with Crippen molar-refractivity contribution in [2.24, 2.45) is 0 Å². The number of nitrogens with zero attached hydrogens (tertiary/aromatic N) is 3. The van der Waals surface area contributed by atoms with Gasteiger partial charge in [0.1, 0.15) is 12.4 Å². The number of rotatable bonds is 10. The number of hydrogen-bond acceptors (Lipinski definition) is 7. The van der Waals surface area contributed by atoms with Crippen LogP contribution in [0, 0.1) is 0 Å². The first-order chi connectivity index (χ1) is 18.6. The quantitative estimate of drug-likeness (QED) is 0.250.